The number of hydrogen-bond donors (Lipinski definition) is 1. The summed E-state index contributed by atoms with van der Waals surface area (Å²) in [5.41, 5.74) is 3.20. The van der Waals surface area contributed by atoms with Crippen LogP contribution in [0.15, 0.2) is 48.0 Å². The average molecular weight is 464 g/mol. The molecule has 0 bridgehead atoms. The molecule has 3 heterocycles. The quantitative estimate of drug-likeness (QED) is 0.390. The van der Waals surface area contributed by atoms with Gasteiger partial charge in [-0.15, -0.1) is 5.10 Å². The average Bonchev–Trinajstić information content (AvgIpc) is 3.17. The van der Waals surface area contributed by atoms with Crippen LogP contribution in [0.25, 0.3) is 22.1 Å². The first kappa shape index (κ1) is 20.8. The molecule has 0 radical (unpaired) electrons. The van der Waals surface area contributed by atoms with Crippen LogP contribution >= 0.6 is 0 Å². The van der Waals surface area contributed by atoms with Crippen LogP contribution in [0.5, 0.6) is 11.5 Å². The number of nitrogens with zero attached hydrogens (tertiary/aromatic N) is 7. The summed E-state index contributed by atoms with van der Waals surface area (Å²) in [6.07, 6.45) is 4.25. The Morgan fingerprint density at radius 2 is 1.97 bits per heavy atom. The van der Waals surface area contributed by atoms with Gasteiger partial charge in [-0.1, -0.05) is 5.21 Å². The molecule has 0 amide bonds. The van der Waals surface area contributed by atoms with E-state index < -0.39 is 16.6 Å². The smallest absolute Gasteiger partial charge is 0.218 e. The Kier molecular flexibility index (Phi) is 5.13. The van der Waals surface area contributed by atoms with Crippen molar-refractivity contribution in [3.05, 3.63) is 54.2 Å². The fourth-order valence-corrected chi connectivity index (χ4v) is 3.70. The lowest BCUT2D eigenvalue weighted by Gasteiger charge is -2.13. The zero-order valence-corrected chi connectivity index (χ0v) is 18.6. The number of aromatic nitrogens is 7. The van der Waals surface area contributed by atoms with Crippen molar-refractivity contribution in [1.82, 2.24) is 34.9 Å². The molecule has 0 aliphatic heterocycles. The summed E-state index contributed by atoms with van der Waals surface area (Å²) in [6.45, 7) is 1.80. The van der Waals surface area contributed by atoms with Gasteiger partial charge in [-0.25, -0.2) is 29.0 Å². The Hall–Kier alpha value is -4.06. The highest BCUT2D eigenvalue weighted by molar-refractivity contribution is 7.84. The summed E-state index contributed by atoms with van der Waals surface area (Å²) in [6, 6.07) is 8.26. The number of rotatable bonds is 5. The van der Waals surface area contributed by atoms with Gasteiger partial charge >= 0.3 is 0 Å². The maximum absolute atomic E-state index is 15.0. The third-order valence-electron chi connectivity index (χ3n) is 4.94. The molecule has 0 fully saturated rings. The molecule has 10 nitrogen and oxygen atoms in total. The summed E-state index contributed by atoms with van der Waals surface area (Å²) in [5, 5.41) is 11.1. The molecule has 12 heteroatoms. The summed E-state index contributed by atoms with van der Waals surface area (Å²) in [7, 11) is 0.418. The van der Waals surface area contributed by atoms with Gasteiger partial charge in [0.25, 0.3) is 0 Å². The number of ether oxygens (including phenoxy) is 1. The van der Waals surface area contributed by atoms with E-state index in [1.165, 1.54) is 24.8 Å². The predicted molar refractivity (Wildman–Crippen MR) is 120 cm³/mol. The molecule has 1 unspecified atom stereocenters. The Bertz CT molecular complexity index is 1550. The molecule has 2 aromatic carbocycles. The van der Waals surface area contributed by atoms with Gasteiger partial charge in [0.1, 0.15) is 40.2 Å². The molecule has 3 aromatic heterocycles. The molecule has 0 spiro atoms. The zero-order valence-electron chi connectivity index (χ0n) is 17.8. The lowest BCUT2D eigenvalue weighted by Crippen LogP contribution is -2.03. The molecule has 33 heavy (non-hydrogen) atoms. The first-order chi connectivity index (χ1) is 15.9. The third kappa shape index (κ3) is 3.96. The second kappa shape index (κ2) is 8.13. The van der Waals surface area contributed by atoms with Crippen LogP contribution in [0.4, 0.5) is 15.9 Å². The van der Waals surface area contributed by atoms with Crippen molar-refractivity contribution in [3.63, 3.8) is 0 Å². The number of hydrogen-bond acceptors (Lipinski definition) is 9. The number of anilines is 2. The molecule has 166 valence electrons. The number of aryl methyl sites for hydroxylation is 2. The van der Waals surface area contributed by atoms with Crippen molar-refractivity contribution in [2.45, 2.75) is 12.1 Å². The van der Waals surface area contributed by atoms with Gasteiger partial charge in [-0.05, 0) is 30.7 Å². The Labute approximate surface area is 189 Å². The van der Waals surface area contributed by atoms with Gasteiger partial charge in [0.05, 0.1) is 28.2 Å². The predicted octanol–water partition coefficient (Wildman–Crippen LogP) is 3.42. The standard InChI is InChI=1S/C21H17FN8O2S/c1-11-6-14(26-20-19-16(24-10-25-20)9-23-21(27-19)33(3)31)13(22)8-18(11)32-12-4-5-17-15(7-12)28-29-30(17)2/h4-10H,1-3H3,(H,24,25,26). The molecule has 1 N–H and O–H groups in total. The van der Waals surface area contributed by atoms with Crippen LogP contribution < -0.4 is 10.1 Å². The van der Waals surface area contributed by atoms with E-state index in [9.17, 15) is 8.60 Å². The van der Waals surface area contributed by atoms with Crippen LogP contribution in [0, 0.1) is 12.7 Å². The highest BCUT2D eigenvalue weighted by Crippen LogP contribution is 2.32. The van der Waals surface area contributed by atoms with Crippen LogP contribution in [-0.2, 0) is 17.8 Å². The van der Waals surface area contributed by atoms with Gasteiger partial charge in [0.2, 0.25) is 5.16 Å². The topological polar surface area (TPSA) is 121 Å². The van der Waals surface area contributed by atoms with Gasteiger partial charge in [0, 0.05) is 25.4 Å². The maximum Gasteiger partial charge on any atom is 0.218 e. The first-order valence-corrected chi connectivity index (χ1v) is 11.3. The molecule has 1 atom stereocenters. The number of halogens is 1. The van der Waals surface area contributed by atoms with Crippen molar-refractivity contribution in [1.29, 1.82) is 0 Å². The molecular weight excluding hydrogens is 447 g/mol. The van der Waals surface area contributed by atoms with Gasteiger partial charge in [-0.3, -0.25) is 4.21 Å². The summed E-state index contributed by atoms with van der Waals surface area (Å²) in [4.78, 5) is 16.6. The minimum atomic E-state index is -1.38. The monoisotopic (exact) mass is 464 g/mol. The van der Waals surface area contributed by atoms with E-state index in [4.69, 9.17) is 4.74 Å². The fraction of sp³-hybridized carbons (Fsp3) is 0.143. The summed E-state index contributed by atoms with van der Waals surface area (Å²) < 4.78 is 34.3. The van der Waals surface area contributed by atoms with Crippen molar-refractivity contribution in [3.8, 4) is 11.5 Å². The van der Waals surface area contributed by atoms with E-state index in [1.807, 2.05) is 6.07 Å². The molecule has 0 saturated heterocycles. The van der Waals surface area contributed by atoms with Crippen LogP contribution in [0.2, 0.25) is 0 Å². The third-order valence-corrected chi connectivity index (χ3v) is 5.65. The molecular formula is C21H17FN8O2S. The number of nitrogens with one attached hydrogen (secondary N) is 1. The second-order valence-electron chi connectivity index (χ2n) is 7.25. The van der Waals surface area contributed by atoms with E-state index in [2.05, 4.69) is 35.6 Å². The van der Waals surface area contributed by atoms with Gasteiger partial charge in [0.15, 0.2) is 5.82 Å². The first-order valence-electron chi connectivity index (χ1n) is 9.74. The van der Waals surface area contributed by atoms with Crippen molar-refractivity contribution in [2.24, 2.45) is 7.05 Å². The van der Waals surface area contributed by atoms with E-state index >= 15 is 0 Å². The van der Waals surface area contributed by atoms with Gasteiger partial charge < -0.3 is 10.1 Å². The lowest BCUT2D eigenvalue weighted by molar-refractivity contribution is 0.474. The van der Waals surface area contributed by atoms with E-state index in [0.29, 0.717) is 33.6 Å². The van der Waals surface area contributed by atoms with E-state index in [0.717, 1.165) is 5.52 Å². The minimum Gasteiger partial charge on any atom is -0.457 e. The molecule has 0 aliphatic carbocycles. The lowest BCUT2D eigenvalue weighted by atomic mass is 10.2. The Morgan fingerprint density at radius 3 is 2.79 bits per heavy atom. The van der Waals surface area contributed by atoms with Gasteiger partial charge in [-0.2, -0.15) is 0 Å². The largest absolute Gasteiger partial charge is 0.457 e. The second-order valence-corrected chi connectivity index (χ2v) is 8.52. The van der Waals surface area contributed by atoms with Crippen molar-refractivity contribution < 1.29 is 13.3 Å². The van der Waals surface area contributed by atoms with Crippen LogP contribution in [-0.4, -0.2) is 45.4 Å². The Morgan fingerprint density at radius 1 is 1.12 bits per heavy atom. The minimum absolute atomic E-state index is 0.140. The fourth-order valence-electron chi connectivity index (χ4n) is 3.28. The van der Waals surface area contributed by atoms with Crippen molar-refractivity contribution >= 4 is 44.4 Å². The number of benzene rings is 2. The normalized spacial score (nSPS) is 12.2. The zero-order chi connectivity index (χ0) is 23.1. The molecule has 0 aliphatic rings. The van der Waals surface area contributed by atoms with Crippen LogP contribution in [0.1, 0.15) is 5.56 Å². The molecule has 5 aromatic rings. The maximum atomic E-state index is 15.0. The van der Waals surface area contributed by atoms with E-state index in [1.54, 1.807) is 36.9 Å². The molecule has 0 saturated carbocycles. The van der Waals surface area contributed by atoms with Crippen molar-refractivity contribution in [2.75, 3.05) is 11.6 Å². The SMILES string of the molecule is Cc1cc(Nc2ncnc3cnc(S(C)=O)nc23)c(F)cc1Oc1ccc2c(c1)nnn2C. The van der Waals surface area contributed by atoms with Crippen LogP contribution in [0.3, 0.4) is 0 Å². The molecule has 5 rings (SSSR count). The Balaban J connectivity index is 1.46. The summed E-state index contributed by atoms with van der Waals surface area (Å²) >= 11 is 0. The van der Waals surface area contributed by atoms with E-state index in [-0.39, 0.29) is 16.7 Å². The highest BCUT2D eigenvalue weighted by atomic mass is 32.2. The highest BCUT2D eigenvalue weighted by Gasteiger charge is 2.14. The number of fused-ring (bicyclic) bond motifs is 2. The summed E-state index contributed by atoms with van der Waals surface area (Å²) in [5.74, 6) is 0.607.